The summed E-state index contributed by atoms with van der Waals surface area (Å²) in [6.07, 6.45) is 10.9. The molecule has 48 heavy (non-hydrogen) atoms. The number of aliphatic hydroxyl groups excluding tert-OH is 2. The van der Waals surface area contributed by atoms with Crippen molar-refractivity contribution in [3.63, 3.8) is 0 Å². The van der Waals surface area contributed by atoms with Gasteiger partial charge in [-0.25, -0.2) is 9.18 Å². The lowest BCUT2D eigenvalue weighted by atomic mass is 9.89. The van der Waals surface area contributed by atoms with Gasteiger partial charge in [0.1, 0.15) is 0 Å². The van der Waals surface area contributed by atoms with E-state index in [1.807, 2.05) is 0 Å². The SMILES string of the molecule is CCCCCC(/C=C/[C@@H]1[C@@H](CC(O)OC(=O)C(F)CCCCO)[C@@H](OC2CCCCO2)C[C@H]1OC1CCCCO1)O[Si](C)(C)C(C)(C)C. The largest absolute Gasteiger partial charge is 0.434 e. The molecule has 3 fully saturated rings. The molecule has 0 bridgehead atoms. The minimum atomic E-state index is -2.08. The minimum absolute atomic E-state index is 0.0585. The molecular weight excluding hydrogens is 635 g/mol. The minimum Gasteiger partial charge on any atom is -0.434 e. The lowest BCUT2D eigenvalue weighted by Gasteiger charge is -2.39. The van der Waals surface area contributed by atoms with Crippen LogP contribution in [0.5, 0.6) is 0 Å². The molecule has 2 heterocycles. The number of aliphatic hydroxyl groups is 2. The van der Waals surface area contributed by atoms with Gasteiger partial charge in [-0.2, -0.15) is 0 Å². The molecule has 1 aliphatic carbocycles. The quantitative estimate of drug-likeness (QED) is 0.0433. The van der Waals surface area contributed by atoms with E-state index >= 15 is 0 Å². The van der Waals surface area contributed by atoms with Crippen molar-refractivity contribution in [1.82, 2.24) is 0 Å². The van der Waals surface area contributed by atoms with Crippen LogP contribution in [0.3, 0.4) is 0 Å². The predicted octanol–water partition coefficient (Wildman–Crippen LogP) is 7.73. The van der Waals surface area contributed by atoms with Gasteiger partial charge in [0.15, 0.2) is 27.1 Å². The van der Waals surface area contributed by atoms with Gasteiger partial charge >= 0.3 is 5.97 Å². The topological polar surface area (TPSA) is 113 Å². The third-order valence-corrected chi connectivity index (χ3v) is 15.0. The van der Waals surface area contributed by atoms with Crippen LogP contribution in [0.1, 0.15) is 124 Å². The Morgan fingerprint density at radius 2 is 1.58 bits per heavy atom. The van der Waals surface area contributed by atoms with Gasteiger partial charge in [0, 0.05) is 38.6 Å². The van der Waals surface area contributed by atoms with Crippen LogP contribution >= 0.6 is 0 Å². The van der Waals surface area contributed by atoms with Gasteiger partial charge in [0.2, 0.25) is 6.29 Å². The molecule has 280 valence electrons. The van der Waals surface area contributed by atoms with Crippen LogP contribution in [0.15, 0.2) is 12.2 Å². The Kier molecular flexibility index (Phi) is 18.0. The Bertz CT molecular complexity index is 932. The van der Waals surface area contributed by atoms with Gasteiger partial charge in [0.25, 0.3) is 0 Å². The summed E-state index contributed by atoms with van der Waals surface area (Å²) in [4.78, 5) is 12.5. The maximum atomic E-state index is 14.6. The van der Waals surface area contributed by atoms with E-state index < -0.39 is 26.7 Å². The second-order valence-electron chi connectivity index (χ2n) is 15.5. The molecule has 11 heteroatoms. The average molecular weight is 703 g/mol. The molecule has 0 amide bonds. The number of hydrogen-bond donors (Lipinski definition) is 2. The highest BCUT2D eigenvalue weighted by Gasteiger charge is 2.47. The van der Waals surface area contributed by atoms with Crippen LogP contribution in [0, 0.1) is 11.8 Å². The average Bonchev–Trinajstić information content (AvgIpc) is 3.34. The zero-order valence-electron chi connectivity index (χ0n) is 30.7. The molecule has 5 unspecified atom stereocenters. The Hall–Kier alpha value is -0.923. The maximum Gasteiger partial charge on any atom is 0.343 e. The summed E-state index contributed by atoms with van der Waals surface area (Å²) in [6.45, 7) is 14.7. The Labute approximate surface area is 290 Å². The molecule has 2 saturated heterocycles. The molecule has 0 aromatic carbocycles. The molecule has 0 aromatic rings. The maximum absolute atomic E-state index is 14.6. The molecule has 9 atom stereocenters. The highest BCUT2D eigenvalue weighted by Crippen LogP contribution is 2.43. The lowest BCUT2D eigenvalue weighted by Crippen LogP contribution is -2.43. The summed E-state index contributed by atoms with van der Waals surface area (Å²) in [5.41, 5.74) is 0. The smallest absolute Gasteiger partial charge is 0.343 e. The molecule has 3 rings (SSSR count). The van der Waals surface area contributed by atoms with Crippen LogP contribution in [0.4, 0.5) is 4.39 Å². The fourth-order valence-electron chi connectivity index (χ4n) is 6.63. The Morgan fingerprint density at radius 3 is 2.15 bits per heavy atom. The van der Waals surface area contributed by atoms with E-state index in [1.165, 1.54) is 0 Å². The number of carbonyl (C=O) groups excluding carboxylic acids is 1. The summed E-state index contributed by atoms with van der Waals surface area (Å²) in [5, 5.41) is 20.1. The Morgan fingerprint density at radius 1 is 0.958 bits per heavy atom. The van der Waals surface area contributed by atoms with E-state index in [0.717, 1.165) is 64.2 Å². The predicted molar refractivity (Wildman–Crippen MR) is 186 cm³/mol. The van der Waals surface area contributed by atoms with Gasteiger partial charge in [-0.1, -0.05) is 59.1 Å². The number of unbranched alkanes of at least 4 members (excludes halogenated alkanes) is 3. The van der Waals surface area contributed by atoms with E-state index in [9.17, 15) is 14.3 Å². The third kappa shape index (κ3) is 13.7. The molecule has 2 N–H and O–H groups in total. The van der Waals surface area contributed by atoms with Crippen LogP contribution in [0.2, 0.25) is 18.1 Å². The van der Waals surface area contributed by atoms with Crippen molar-refractivity contribution in [2.75, 3.05) is 19.8 Å². The highest BCUT2D eigenvalue weighted by atomic mass is 28.4. The summed E-state index contributed by atoms with van der Waals surface area (Å²) >= 11 is 0. The zero-order valence-corrected chi connectivity index (χ0v) is 31.7. The molecule has 0 spiro atoms. The molecular formula is C37H67FO9Si. The van der Waals surface area contributed by atoms with Gasteiger partial charge in [-0.05, 0) is 88.3 Å². The number of esters is 1. The number of alkyl halides is 1. The number of carbonyl (C=O) groups is 1. The highest BCUT2D eigenvalue weighted by molar-refractivity contribution is 6.74. The van der Waals surface area contributed by atoms with E-state index in [-0.39, 0.29) is 67.2 Å². The number of rotatable bonds is 20. The van der Waals surface area contributed by atoms with Gasteiger partial charge in [-0.15, -0.1) is 0 Å². The normalized spacial score (nSPS) is 29.2. The zero-order chi connectivity index (χ0) is 35.2. The second kappa shape index (κ2) is 20.8. The van der Waals surface area contributed by atoms with E-state index in [0.29, 0.717) is 32.5 Å². The molecule has 9 nitrogen and oxygen atoms in total. The van der Waals surface area contributed by atoms with Crippen molar-refractivity contribution >= 4 is 14.3 Å². The number of halogens is 1. The van der Waals surface area contributed by atoms with E-state index in [1.54, 1.807) is 0 Å². The second-order valence-corrected chi connectivity index (χ2v) is 20.3. The van der Waals surface area contributed by atoms with Crippen LogP contribution < -0.4 is 0 Å². The lowest BCUT2D eigenvalue weighted by molar-refractivity contribution is -0.207. The van der Waals surface area contributed by atoms with Crippen LogP contribution in [0.25, 0.3) is 0 Å². The van der Waals surface area contributed by atoms with E-state index in [2.05, 4.69) is 52.9 Å². The molecule has 0 radical (unpaired) electrons. The summed E-state index contributed by atoms with van der Waals surface area (Å²) in [7, 11) is -2.08. The number of ether oxygens (including phenoxy) is 5. The Balaban J connectivity index is 1.88. The number of hydrogen-bond acceptors (Lipinski definition) is 9. The fraction of sp³-hybridized carbons (Fsp3) is 0.919. The van der Waals surface area contributed by atoms with Crippen molar-refractivity contribution in [3.8, 4) is 0 Å². The first-order valence-electron chi connectivity index (χ1n) is 18.9. The fourth-order valence-corrected chi connectivity index (χ4v) is 7.94. The molecule has 2 aliphatic heterocycles. The first-order valence-corrected chi connectivity index (χ1v) is 21.8. The monoisotopic (exact) mass is 702 g/mol. The van der Waals surface area contributed by atoms with E-state index in [4.69, 9.17) is 33.2 Å². The van der Waals surface area contributed by atoms with Crippen molar-refractivity contribution < 1.29 is 47.5 Å². The first-order chi connectivity index (χ1) is 22.8. The van der Waals surface area contributed by atoms with Gasteiger partial charge in [0.05, 0.1) is 18.3 Å². The van der Waals surface area contributed by atoms with Crippen molar-refractivity contribution in [2.45, 2.75) is 185 Å². The first kappa shape index (κ1) is 41.5. The standard InChI is InChI=1S/C37H67FO9Si/c1-7-8-9-16-27(47-48(5,6)37(2,3)4)20-21-28-29(25-33(40)46-36(41)30(38)17-10-13-22-39)32(45-35-19-12-15-24-43-35)26-31(28)44-34-18-11-14-23-42-34/h20-21,27-35,39-40H,7-19,22-26H2,1-6H3/b21-20+/t27?,28-,29-,30?,31-,32+,33?,34?,35?/m1/s1. The van der Waals surface area contributed by atoms with Crippen molar-refractivity contribution in [3.05, 3.63) is 12.2 Å². The summed E-state index contributed by atoms with van der Waals surface area (Å²) in [5.74, 6) is -1.57. The van der Waals surface area contributed by atoms with Crippen LogP contribution in [-0.2, 0) is 32.9 Å². The summed E-state index contributed by atoms with van der Waals surface area (Å²) < 4.78 is 52.0. The molecule has 0 aromatic heterocycles. The molecule has 1 saturated carbocycles. The third-order valence-electron chi connectivity index (χ3n) is 10.5. The van der Waals surface area contributed by atoms with Crippen molar-refractivity contribution in [2.24, 2.45) is 11.8 Å². The van der Waals surface area contributed by atoms with Crippen LogP contribution in [-0.4, -0.2) is 87.7 Å². The van der Waals surface area contributed by atoms with Crippen molar-refractivity contribution in [1.29, 1.82) is 0 Å². The van der Waals surface area contributed by atoms with Gasteiger partial charge < -0.3 is 38.3 Å². The van der Waals surface area contributed by atoms with Gasteiger partial charge in [-0.3, -0.25) is 0 Å². The molecule has 3 aliphatic rings. The summed E-state index contributed by atoms with van der Waals surface area (Å²) in [6, 6.07) is 0.